The molecule has 0 unspecified atom stereocenters. The molecule has 0 saturated heterocycles. The van der Waals surface area contributed by atoms with Crippen LogP contribution in [0.4, 0.5) is 0 Å². The smallest absolute Gasteiger partial charge is 0.0666 e. The van der Waals surface area contributed by atoms with Gasteiger partial charge in [0, 0.05) is 12.4 Å². The first-order valence-corrected chi connectivity index (χ1v) is 3.10. The van der Waals surface area contributed by atoms with Gasteiger partial charge in [0.25, 0.3) is 0 Å². The van der Waals surface area contributed by atoms with Crippen LogP contribution in [0, 0.1) is 0 Å². The Morgan fingerprint density at radius 1 is 1.56 bits per heavy atom. The second-order valence-corrected chi connectivity index (χ2v) is 2.91. The van der Waals surface area contributed by atoms with Crippen molar-refractivity contribution in [3.8, 4) is 0 Å². The largest absolute Gasteiger partial charge is 0.380 e. The topological polar surface area (TPSA) is 24.4 Å². The summed E-state index contributed by atoms with van der Waals surface area (Å²) in [4.78, 5) is 4.16. The SMILES string of the molecule is CC1=CNC(C)(C)C=N1. The summed E-state index contributed by atoms with van der Waals surface area (Å²) in [5, 5.41) is 3.20. The molecule has 0 bridgehead atoms. The van der Waals surface area contributed by atoms with Crippen LogP contribution in [0.5, 0.6) is 0 Å². The average Bonchev–Trinajstić information content (AvgIpc) is 1.78. The van der Waals surface area contributed by atoms with Gasteiger partial charge in [0.2, 0.25) is 0 Å². The van der Waals surface area contributed by atoms with Crippen LogP contribution in [0.25, 0.3) is 0 Å². The van der Waals surface area contributed by atoms with E-state index in [-0.39, 0.29) is 5.54 Å². The zero-order valence-electron chi connectivity index (χ0n) is 6.10. The average molecular weight is 124 g/mol. The first kappa shape index (κ1) is 6.33. The number of hydrogen-bond acceptors (Lipinski definition) is 2. The lowest BCUT2D eigenvalue weighted by molar-refractivity contribution is 0.590. The summed E-state index contributed by atoms with van der Waals surface area (Å²) in [6, 6.07) is 0. The van der Waals surface area contributed by atoms with Gasteiger partial charge in [-0.3, -0.25) is 4.99 Å². The van der Waals surface area contributed by atoms with Crippen molar-refractivity contribution >= 4 is 6.21 Å². The maximum Gasteiger partial charge on any atom is 0.0666 e. The Kier molecular flexibility index (Phi) is 1.31. The Morgan fingerprint density at radius 2 is 2.22 bits per heavy atom. The Balaban J connectivity index is 2.70. The van der Waals surface area contributed by atoms with Gasteiger partial charge < -0.3 is 5.32 Å². The van der Waals surface area contributed by atoms with E-state index in [2.05, 4.69) is 24.2 Å². The van der Waals surface area contributed by atoms with Crippen molar-refractivity contribution in [2.24, 2.45) is 4.99 Å². The molecule has 1 heterocycles. The van der Waals surface area contributed by atoms with Crippen molar-refractivity contribution in [1.29, 1.82) is 0 Å². The fourth-order valence-electron chi connectivity index (χ4n) is 0.628. The molecule has 0 spiro atoms. The van der Waals surface area contributed by atoms with Gasteiger partial charge in [-0.2, -0.15) is 0 Å². The summed E-state index contributed by atoms with van der Waals surface area (Å²) in [6.07, 6.45) is 3.85. The van der Waals surface area contributed by atoms with Crippen LogP contribution >= 0.6 is 0 Å². The molecular weight excluding hydrogens is 112 g/mol. The van der Waals surface area contributed by atoms with Crippen LogP contribution in [-0.2, 0) is 0 Å². The molecule has 1 N–H and O–H groups in total. The zero-order valence-corrected chi connectivity index (χ0v) is 6.10. The fraction of sp³-hybridized carbons (Fsp3) is 0.571. The third-order valence-electron chi connectivity index (χ3n) is 1.24. The van der Waals surface area contributed by atoms with Gasteiger partial charge in [0.05, 0.1) is 11.2 Å². The van der Waals surface area contributed by atoms with Crippen molar-refractivity contribution in [2.45, 2.75) is 26.3 Å². The zero-order chi connectivity index (χ0) is 6.91. The highest BCUT2D eigenvalue weighted by Crippen LogP contribution is 2.06. The van der Waals surface area contributed by atoms with Gasteiger partial charge in [0.15, 0.2) is 0 Å². The lowest BCUT2D eigenvalue weighted by atomic mass is 10.1. The highest BCUT2D eigenvalue weighted by molar-refractivity contribution is 5.71. The van der Waals surface area contributed by atoms with E-state index in [0.29, 0.717) is 0 Å². The van der Waals surface area contributed by atoms with Crippen molar-refractivity contribution in [3.05, 3.63) is 11.9 Å². The van der Waals surface area contributed by atoms with E-state index in [0.717, 1.165) is 5.70 Å². The fourth-order valence-corrected chi connectivity index (χ4v) is 0.628. The van der Waals surface area contributed by atoms with Crippen LogP contribution in [0.3, 0.4) is 0 Å². The summed E-state index contributed by atoms with van der Waals surface area (Å²) in [5.74, 6) is 0. The van der Waals surface area contributed by atoms with E-state index >= 15 is 0 Å². The molecule has 9 heavy (non-hydrogen) atoms. The number of hydrogen-bond donors (Lipinski definition) is 1. The molecule has 0 aromatic rings. The minimum absolute atomic E-state index is 0.0412. The van der Waals surface area contributed by atoms with Crippen molar-refractivity contribution in [1.82, 2.24) is 5.32 Å². The van der Waals surface area contributed by atoms with Crippen molar-refractivity contribution in [2.75, 3.05) is 0 Å². The number of allylic oxidation sites excluding steroid dienone is 1. The van der Waals surface area contributed by atoms with E-state index < -0.39 is 0 Å². The molecule has 1 aliphatic heterocycles. The van der Waals surface area contributed by atoms with E-state index in [1.165, 1.54) is 0 Å². The summed E-state index contributed by atoms with van der Waals surface area (Å²) < 4.78 is 0. The molecule has 1 aliphatic rings. The molecule has 2 nitrogen and oxygen atoms in total. The Bertz CT molecular complexity index is 166. The van der Waals surface area contributed by atoms with Gasteiger partial charge in [0.1, 0.15) is 0 Å². The molecule has 2 heteroatoms. The quantitative estimate of drug-likeness (QED) is 0.517. The van der Waals surface area contributed by atoms with Crippen molar-refractivity contribution in [3.63, 3.8) is 0 Å². The maximum absolute atomic E-state index is 4.16. The minimum atomic E-state index is 0.0412. The molecule has 0 aromatic heterocycles. The summed E-state index contributed by atoms with van der Waals surface area (Å²) in [5.41, 5.74) is 1.08. The van der Waals surface area contributed by atoms with Crippen LogP contribution in [-0.4, -0.2) is 11.8 Å². The third kappa shape index (κ3) is 1.56. The lowest BCUT2D eigenvalue weighted by Gasteiger charge is -2.23. The Labute approximate surface area is 55.7 Å². The standard InChI is InChI=1S/C7H12N2/c1-6-4-9-7(2,3)5-8-6/h4-5,9H,1-3H3. The predicted octanol–water partition coefficient (Wildman–Crippen LogP) is 1.30. The normalized spacial score (nSPS) is 22.8. The van der Waals surface area contributed by atoms with Crippen LogP contribution in [0.2, 0.25) is 0 Å². The van der Waals surface area contributed by atoms with E-state index in [9.17, 15) is 0 Å². The summed E-state index contributed by atoms with van der Waals surface area (Å²) in [6.45, 7) is 6.14. The van der Waals surface area contributed by atoms with Gasteiger partial charge in [-0.25, -0.2) is 0 Å². The molecule has 0 amide bonds. The lowest BCUT2D eigenvalue weighted by Crippen LogP contribution is -2.39. The van der Waals surface area contributed by atoms with Gasteiger partial charge in [-0.05, 0) is 20.8 Å². The van der Waals surface area contributed by atoms with Gasteiger partial charge in [-0.1, -0.05) is 0 Å². The number of rotatable bonds is 0. The molecule has 0 aliphatic carbocycles. The second-order valence-electron chi connectivity index (χ2n) is 2.91. The first-order chi connectivity index (χ1) is 4.10. The van der Waals surface area contributed by atoms with Crippen LogP contribution in [0.1, 0.15) is 20.8 Å². The Hall–Kier alpha value is -0.790. The number of nitrogens with zero attached hydrogens (tertiary/aromatic N) is 1. The molecule has 50 valence electrons. The van der Waals surface area contributed by atoms with Crippen LogP contribution < -0.4 is 5.32 Å². The molecule has 0 radical (unpaired) electrons. The third-order valence-corrected chi connectivity index (χ3v) is 1.24. The van der Waals surface area contributed by atoms with Gasteiger partial charge >= 0.3 is 0 Å². The maximum atomic E-state index is 4.16. The minimum Gasteiger partial charge on any atom is -0.380 e. The van der Waals surface area contributed by atoms with Gasteiger partial charge in [-0.15, -0.1) is 0 Å². The second kappa shape index (κ2) is 1.87. The molecule has 0 saturated carbocycles. The summed E-state index contributed by atoms with van der Waals surface area (Å²) >= 11 is 0. The molecule has 1 rings (SSSR count). The first-order valence-electron chi connectivity index (χ1n) is 3.10. The highest BCUT2D eigenvalue weighted by Gasteiger charge is 2.13. The van der Waals surface area contributed by atoms with Crippen molar-refractivity contribution < 1.29 is 0 Å². The molecule has 0 aromatic carbocycles. The van der Waals surface area contributed by atoms with E-state index in [4.69, 9.17) is 0 Å². The number of nitrogens with one attached hydrogen (secondary N) is 1. The Morgan fingerprint density at radius 3 is 2.56 bits per heavy atom. The molecule has 0 atom stereocenters. The van der Waals surface area contributed by atoms with E-state index in [1.54, 1.807) is 0 Å². The van der Waals surface area contributed by atoms with E-state index in [1.807, 2.05) is 19.3 Å². The predicted molar refractivity (Wildman–Crippen MR) is 39.5 cm³/mol. The highest BCUT2D eigenvalue weighted by atomic mass is 15.0. The monoisotopic (exact) mass is 124 g/mol. The molecule has 0 fully saturated rings. The van der Waals surface area contributed by atoms with Crippen LogP contribution in [0.15, 0.2) is 16.9 Å². The summed E-state index contributed by atoms with van der Waals surface area (Å²) in [7, 11) is 0. The number of aliphatic imine (C=N–C) groups is 1. The molecular formula is C7H12N2.